The molecule has 0 aliphatic carbocycles. The van der Waals surface area contributed by atoms with Crippen molar-refractivity contribution in [3.63, 3.8) is 0 Å². The minimum Gasteiger partial charge on any atom is -0.456 e. The summed E-state index contributed by atoms with van der Waals surface area (Å²) in [6, 6.07) is 38.8. The molecule has 2 heterocycles. The van der Waals surface area contributed by atoms with E-state index in [1.165, 1.54) is 0 Å². The fourth-order valence-corrected chi connectivity index (χ4v) is 5.51. The largest absolute Gasteiger partial charge is 0.456 e. The molecular weight excluding hydrogens is 618 g/mol. The molecule has 10 nitrogen and oxygen atoms in total. The van der Waals surface area contributed by atoms with Gasteiger partial charge in [0.15, 0.2) is 0 Å². The van der Waals surface area contributed by atoms with Gasteiger partial charge in [-0.2, -0.15) is 0 Å². The van der Waals surface area contributed by atoms with E-state index in [9.17, 15) is 9.59 Å². The number of hydrogen-bond donors (Lipinski definition) is 2. The number of esters is 1. The Morgan fingerprint density at radius 3 is 2.27 bits per heavy atom. The highest BCUT2D eigenvalue weighted by Crippen LogP contribution is 2.31. The zero-order valence-corrected chi connectivity index (χ0v) is 26.1. The van der Waals surface area contributed by atoms with Gasteiger partial charge in [-0.1, -0.05) is 84.9 Å². The molecule has 0 radical (unpaired) electrons. The number of aromatic nitrogens is 3. The van der Waals surface area contributed by atoms with Crippen molar-refractivity contribution in [2.24, 2.45) is 0 Å². The van der Waals surface area contributed by atoms with Crippen LogP contribution in [0.3, 0.4) is 0 Å². The zero-order chi connectivity index (χ0) is 33.6. The predicted molar refractivity (Wildman–Crippen MR) is 185 cm³/mol. The molecule has 0 atom stereocenters. The van der Waals surface area contributed by atoms with E-state index in [2.05, 4.69) is 15.3 Å². The third-order valence-corrected chi connectivity index (χ3v) is 7.80. The Labute approximate surface area is 281 Å². The first-order valence-corrected chi connectivity index (χ1v) is 15.4. The number of rotatable bonds is 9. The summed E-state index contributed by atoms with van der Waals surface area (Å²) in [5.41, 5.74) is 3.14. The van der Waals surface area contributed by atoms with Crippen LogP contribution in [0.4, 0.5) is 4.79 Å². The summed E-state index contributed by atoms with van der Waals surface area (Å²) in [6.07, 6.45) is 2.42. The van der Waals surface area contributed by atoms with Crippen molar-refractivity contribution < 1.29 is 23.8 Å². The molecule has 0 bridgehead atoms. The van der Waals surface area contributed by atoms with E-state index in [4.69, 9.17) is 19.6 Å². The Kier molecular flexibility index (Phi) is 8.74. The number of carbonyl (C=O) groups is 2. The van der Waals surface area contributed by atoms with Gasteiger partial charge >= 0.3 is 18.1 Å². The van der Waals surface area contributed by atoms with Crippen LogP contribution in [-0.4, -0.2) is 32.4 Å². The Morgan fingerprint density at radius 2 is 1.47 bits per heavy atom. The summed E-state index contributed by atoms with van der Waals surface area (Å²) in [5.74, 6) is 0.226. The highest BCUT2D eigenvalue weighted by Gasteiger charge is 2.20. The van der Waals surface area contributed by atoms with E-state index in [0.29, 0.717) is 28.3 Å². The van der Waals surface area contributed by atoms with Gasteiger partial charge in [-0.05, 0) is 64.4 Å². The first-order valence-electron chi connectivity index (χ1n) is 15.4. The molecule has 0 spiro atoms. The van der Waals surface area contributed by atoms with Crippen molar-refractivity contribution in [3.05, 3.63) is 162 Å². The topological polar surface area (TPSA) is 128 Å². The number of carbonyl (C=O) groups excluding carboxylic acids is 2. The molecule has 7 aromatic rings. The fourth-order valence-electron chi connectivity index (χ4n) is 5.51. The van der Waals surface area contributed by atoms with Crippen LogP contribution >= 0.6 is 0 Å². The number of amides is 1. The van der Waals surface area contributed by atoms with Crippen LogP contribution in [0.2, 0.25) is 0 Å². The van der Waals surface area contributed by atoms with E-state index >= 15 is 0 Å². The monoisotopic (exact) mass is 647 g/mol. The van der Waals surface area contributed by atoms with Crippen LogP contribution in [0.15, 0.2) is 140 Å². The molecule has 1 amide bonds. The van der Waals surface area contributed by atoms with Gasteiger partial charge in [0.2, 0.25) is 0 Å². The number of ether oxygens (including phenoxy) is 3. The van der Waals surface area contributed by atoms with Crippen LogP contribution in [0.25, 0.3) is 21.7 Å². The number of hydrogen-bond acceptors (Lipinski definition) is 8. The third kappa shape index (κ3) is 7.13. The standard InChI is InChI=1S/C39H29N5O5/c40-36(43-39(46)49-31-13-5-2-6-14-31)29-17-16-28-22-35(37(45)47-25-26-10-3-1-4-11-26)44(34(28)23-29)24-30-21-32(48-38-41-18-9-19-42-38)20-27-12-7-8-15-33(27)30/h1-23H,24-25H2,(H2,40,43,46). The van der Waals surface area contributed by atoms with Gasteiger partial charge in [0.1, 0.15) is 29.6 Å². The van der Waals surface area contributed by atoms with Gasteiger partial charge < -0.3 is 18.8 Å². The van der Waals surface area contributed by atoms with Gasteiger partial charge in [0.25, 0.3) is 0 Å². The van der Waals surface area contributed by atoms with E-state index in [0.717, 1.165) is 27.3 Å². The maximum atomic E-state index is 13.7. The summed E-state index contributed by atoms with van der Waals surface area (Å²) in [6.45, 7) is 0.362. The van der Waals surface area contributed by atoms with Gasteiger partial charge in [-0.25, -0.2) is 19.6 Å². The maximum absolute atomic E-state index is 13.7. The zero-order valence-electron chi connectivity index (χ0n) is 26.1. The van der Waals surface area contributed by atoms with E-state index < -0.39 is 12.1 Å². The molecule has 2 aromatic heterocycles. The van der Waals surface area contributed by atoms with Crippen LogP contribution < -0.4 is 14.8 Å². The minimum atomic E-state index is -0.789. The lowest BCUT2D eigenvalue weighted by Crippen LogP contribution is -2.33. The van der Waals surface area contributed by atoms with Crippen molar-refractivity contribution in [3.8, 4) is 17.5 Å². The Morgan fingerprint density at radius 1 is 0.735 bits per heavy atom. The first kappa shape index (κ1) is 30.8. The Balaban J connectivity index is 1.26. The second kappa shape index (κ2) is 13.9. The van der Waals surface area contributed by atoms with E-state index in [1.807, 2.05) is 77.4 Å². The van der Waals surface area contributed by atoms with Crippen molar-refractivity contribution in [2.75, 3.05) is 0 Å². The van der Waals surface area contributed by atoms with Crippen molar-refractivity contribution in [1.82, 2.24) is 19.9 Å². The molecule has 5 aromatic carbocycles. The third-order valence-electron chi connectivity index (χ3n) is 7.80. The Bertz CT molecular complexity index is 2290. The van der Waals surface area contributed by atoms with Crippen LogP contribution in [-0.2, 0) is 17.9 Å². The average Bonchev–Trinajstić information content (AvgIpc) is 3.49. The van der Waals surface area contributed by atoms with Crippen LogP contribution in [0, 0.1) is 5.41 Å². The summed E-state index contributed by atoms with van der Waals surface area (Å²) >= 11 is 0. The molecule has 240 valence electrons. The molecule has 0 aliphatic heterocycles. The summed E-state index contributed by atoms with van der Waals surface area (Å²) in [5, 5.41) is 13.8. The second-order valence-corrected chi connectivity index (χ2v) is 11.1. The lowest BCUT2D eigenvalue weighted by atomic mass is 10.0. The average molecular weight is 648 g/mol. The quantitative estimate of drug-likeness (QED) is 0.0926. The highest BCUT2D eigenvalue weighted by atomic mass is 16.6. The fraction of sp³-hybridized carbons (Fsp3) is 0.0513. The maximum Gasteiger partial charge on any atom is 0.418 e. The molecule has 0 unspecified atom stereocenters. The normalized spacial score (nSPS) is 10.9. The summed E-state index contributed by atoms with van der Waals surface area (Å²) in [4.78, 5) is 34.7. The van der Waals surface area contributed by atoms with Crippen LogP contribution in [0.5, 0.6) is 17.5 Å². The minimum absolute atomic E-state index is 0.105. The van der Waals surface area contributed by atoms with Gasteiger partial charge in [-0.3, -0.25) is 10.7 Å². The number of fused-ring (bicyclic) bond motifs is 2. The molecule has 49 heavy (non-hydrogen) atoms. The molecule has 7 rings (SSSR count). The van der Waals surface area contributed by atoms with Crippen molar-refractivity contribution >= 4 is 39.6 Å². The van der Waals surface area contributed by atoms with Crippen LogP contribution in [0.1, 0.15) is 27.2 Å². The predicted octanol–water partition coefficient (Wildman–Crippen LogP) is 7.90. The second-order valence-electron chi connectivity index (χ2n) is 11.1. The number of para-hydroxylation sites is 1. The SMILES string of the molecule is N=C(NC(=O)Oc1ccccc1)c1ccc2cc(C(=O)OCc3ccccc3)n(Cc3cc(Oc4ncccn4)cc4ccccc34)c2c1. The molecule has 10 heteroatoms. The number of amidine groups is 1. The number of nitrogens with zero attached hydrogens (tertiary/aromatic N) is 3. The highest BCUT2D eigenvalue weighted by molar-refractivity contribution is 6.07. The first-order chi connectivity index (χ1) is 24.0. The Hall–Kier alpha value is -6.81. The lowest BCUT2D eigenvalue weighted by molar-refractivity contribution is 0.0461. The van der Waals surface area contributed by atoms with Gasteiger partial charge in [0, 0.05) is 35.4 Å². The molecule has 0 aliphatic rings. The smallest absolute Gasteiger partial charge is 0.418 e. The van der Waals surface area contributed by atoms with E-state index in [-0.39, 0.29) is 25.0 Å². The van der Waals surface area contributed by atoms with Gasteiger partial charge in [-0.15, -0.1) is 0 Å². The van der Waals surface area contributed by atoms with Crippen molar-refractivity contribution in [2.45, 2.75) is 13.2 Å². The lowest BCUT2D eigenvalue weighted by Gasteiger charge is -2.15. The molecule has 0 saturated carbocycles. The summed E-state index contributed by atoms with van der Waals surface area (Å²) in [7, 11) is 0. The van der Waals surface area contributed by atoms with Crippen molar-refractivity contribution in [1.29, 1.82) is 5.41 Å². The summed E-state index contributed by atoms with van der Waals surface area (Å²) < 4.78 is 19.0. The van der Waals surface area contributed by atoms with E-state index in [1.54, 1.807) is 67.0 Å². The molecule has 0 saturated heterocycles. The van der Waals surface area contributed by atoms with Gasteiger partial charge in [0.05, 0.1) is 0 Å². The molecule has 2 N–H and O–H groups in total. The molecule has 0 fully saturated rings. The number of benzene rings is 5. The number of nitrogens with one attached hydrogen (secondary N) is 2. The molecular formula is C39H29N5O5.